The van der Waals surface area contributed by atoms with Crippen molar-refractivity contribution < 1.29 is 4.79 Å². The summed E-state index contributed by atoms with van der Waals surface area (Å²) in [4.78, 5) is 11.4. The van der Waals surface area contributed by atoms with Gasteiger partial charge < -0.3 is 10.6 Å². The topological polar surface area (TPSA) is 41.1 Å². The van der Waals surface area contributed by atoms with Crippen molar-refractivity contribution in [2.75, 3.05) is 6.54 Å². The summed E-state index contributed by atoms with van der Waals surface area (Å²) in [6, 6.07) is 0.920. The van der Waals surface area contributed by atoms with Crippen LogP contribution in [0.2, 0.25) is 0 Å². The molecule has 0 bridgehead atoms. The second-order valence-electron chi connectivity index (χ2n) is 4.70. The minimum Gasteiger partial charge on any atom is -0.353 e. The normalized spacial score (nSPS) is 26.0. The van der Waals surface area contributed by atoms with Gasteiger partial charge in [0.05, 0.1) is 0 Å². The first-order valence-corrected chi connectivity index (χ1v) is 5.60. The van der Waals surface area contributed by atoms with Crippen LogP contribution >= 0.6 is 0 Å². The van der Waals surface area contributed by atoms with Gasteiger partial charge in [0, 0.05) is 25.0 Å². The number of rotatable bonds is 5. The van der Waals surface area contributed by atoms with Crippen molar-refractivity contribution >= 4 is 5.91 Å². The number of hydrogen-bond acceptors (Lipinski definition) is 2. The van der Waals surface area contributed by atoms with E-state index >= 15 is 0 Å². The van der Waals surface area contributed by atoms with Crippen molar-refractivity contribution in [2.24, 2.45) is 5.92 Å². The molecule has 1 saturated carbocycles. The van der Waals surface area contributed by atoms with E-state index < -0.39 is 0 Å². The maximum Gasteiger partial charge on any atom is 0.221 e. The Kier molecular flexibility index (Phi) is 4.39. The lowest BCUT2D eigenvalue weighted by atomic mass is 9.82. The van der Waals surface area contributed by atoms with Crippen LogP contribution in [0.25, 0.3) is 0 Å². The van der Waals surface area contributed by atoms with Gasteiger partial charge in [0.1, 0.15) is 0 Å². The van der Waals surface area contributed by atoms with Crippen LogP contribution < -0.4 is 10.6 Å². The van der Waals surface area contributed by atoms with Gasteiger partial charge in [-0.05, 0) is 18.8 Å². The van der Waals surface area contributed by atoms with Gasteiger partial charge >= 0.3 is 0 Å². The van der Waals surface area contributed by atoms with E-state index in [1.165, 1.54) is 0 Å². The Hall–Kier alpha value is -0.570. The van der Waals surface area contributed by atoms with Gasteiger partial charge in [0.15, 0.2) is 0 Å². The Bertz CT molecular complexity index is 186. The SMILES string of the molecule is CC1CC(NC(=O)CCNC(C)C)C1. The molecule has 0 aromatic carbocycles. The van der Waals surface area contributed by atoms with Gasteiger partial charge in [-0.15, -0.1) is 0 Å². The fourth-order valence-corrected chi connectivity index (χ4v) is 1.79. The summed E-state index contributed by atoms with van der Waals surface area (Å²) < 4.78 is 0. The number of nitrogens with one attached hydrogen (secondary N) is 2. The Balaban J connectivity index is 1.99. The average molecular weight is 198 g/mol. The first-order chi connectivity index (χ1) is 6.58. The van der Waals surface area contributed by atoms with Gasteiger partial charge in [-0.1, -0.05) is 20.8 Å². The van der Waals surface area contributed by atoms with E-state index in [-0.39, 0.29) is 5.91 Å². The third-order valence-corrected chi connectivity index (χ3v) is 2.64. The summed E-state index contributed by atoms with van der Waals surface area (Å²) in [5.74, 6) is 0.990. The zero-order valence-electron chi connectivity index (χ0n) is 9.47. The largest absolute Gasteiger partial charge is 0.353 e. The van der Waals surface area contributed by atoms with E-state index in [1.54, 1.807) is 0 Å². The Morgan fingerprint density at radius 3 is 2.57 bits per heavy atom. The number of amides is 1. The molecule has 0 radical (unpaired) electrons. The zero-order chi connectivity index (χ0) is 10.6. The number of carbonyl (C=O) groups is 1. The van der Waals surface area contributed by atoms with Crippen LogP contribution in [0.3, 0.4) is 0 Å². The van der Waals surface area contributed by atoms with E-state index in [1.807, 2.05) is 0 Å². The lowest BCUT2D eigenvalue weighted by Gasteiger charge is -2.33. The van der Waals surface area contributed by atoms with Crippen LogP contribution in [-0.2, 0) is 4.79 Å². The highest BCUT2D eigenvalue weighted by atomic mass is 16.1. The van der Waals surface area contributed by atoms with Gasteiger partial charge in [-0.3, -0.25) is 4.79 Å². The maximum absolute atomic E-state index is 11.4. The summed E-state index contributed by atoms with van der Waals surface area (Å²) in [7, 11) is 0. The predicted octanol–water partition coefficient (Wildman–Crippen LogP) is 1.29. The third-order valence-electron chi connectivity index (χ3n) is 2.64. The third kappa shape index (κ3) is 4.09. The molecule has 0 atom stereocenters. The minimum absolute atomic E-state index is 0.190. The van der Waals surface area contributed by atoms with E-state index in [9.17, 15) is 4.79 Å². The van der Waals surface area contributed by atoms with Gasteiger partial charge in [-0.25, -0.2) is 0 Å². The molecule has 1 aliphatic carbocycles. The summed E-state index contributed by atoms with van der Waals surface area (Å²) in [5.41, 5.74) is 0. The molecule has 0 aromatic rings. The van der Waals surface area contributed by atoms with Gasteiger partial charge in [0.2, 0.25) is 5.91 Å². The van der Waals surface area contributed by atoms with Crippen LogP contribution in [0.5, 0.6) is 0 Å². The molecule has 0 saturated heterocycles. The van der Waals surface area contributed by atoms with Crippen molar-refractivity contribution in [1.29, 1.82) is 0 Å². The standard InChI is InChI=1S/C11H22N2O/c1-8(2)12-5-4-11(14)13-10-6-9(3)7-10/h8-10,12H,4-7H2,1-3H3,(H,13,14). The smallest absolute Gasteiger partial charge is 0.221 e. The van der Waals surface area contributed by atoms with Crippen molar-refractivity contribution in [3.05, 3.63) is 0 Å². The quantitative estimate of drug-likeness (QED) is 0.699. The Morgan fingerprint density at radius 1 is 1.43 bits per heavy atom. The molecule has 0 aliphatic heterocycles. The minimum atomic E-state index is 0.190. The van der Waals surface area contributed by atoms with Crippen LogP contribution in [0, 0.1) is 5.92 Å². The molecule has 0 heterocycles. The van der Waals surface area contributed by atoms with E-state index in [0.717, 1.165) is 25.3 Å². The first-order valence-electron chi connectivity index (χ1n) is 5.60. The maximum atomic E-state index is 11.4. The highest BCUT2D eigenvalue weighted by molar-refractivity contribution is 5.76. The molecular formula is C11H22N2O. The van der Waals surface area contributed by atoms with Crippen molar-refractivity contribution in [3.63, 3.8) is 0 Å². The molecular weight excluding hydrogens is 176 g/mol. The first kappa shape index (κ1) is 11.5. The molecule has 1 aliphatic rings. The molecule has 2 N–H and O–H groups in total. The number of hydrogen-bond donors (Lipinski definition) is 2. The van der Waals surface area contributed by atoms with Gasteiger partial charge in [0.25, 0.3) is 0 Å². The fraction of sp³-hybridized carbons (Fsp3) is 0.909. The molecule has 3 nitrogen and oxygen atoms in total. The average Bonchev–Trinajstić information content (AvgIpc) is 2.00. The highest BCUT2D eigenvalue weighted by Gasteiger charge is 2.26. The molecule has 1 fully saturated rings. The predicted molar refractivity (Wildman–Crippen MR) is 58.1 cm³/mol. The van der Waals surface area contributed by atoms with E-state index in [4.69, 9.17) is 0 Å². The molecule has 0 aromatic heterocycles. The van der Waals surface area contributed by atoms with Crippen LogP contribution in [0.4, 0.5) is 0 Å². The lowest BCUT2D eigenvalue weighted by molar-refractivity contribution is -0.122. The van der Waals surface area contributed by atoms with Crippen LogP contribution in [-0.4, -0.2) is 24.5 Å². The molecule has 3 heteroatoms. The molecule has 82 valence electrons. The van der Waals surface area contributed by atoms with Crippen molar-refractivity contribution in [1.82, 2.24) is 10.6 Å². The summed E-state index contributed by atoms with van der Waals surface area (Å²) in [6.07, 6.45) is 2.91. The monoisotopic (exact) mass is 198 g/mol. The van der Waals surface area contributed by atoms with Crippen LogP contribution in [0.1, 0.15) is 40.0 Å². The van der Waals surface area contributed by atoms with Crippen LogP contribution in [0.15, 0.2) is 0 Å². The molecule has 0 spiro atoms. The van der Waals surface area contributed by atoms with Crippen molar-refractivity contribution in [3.8, 4) is 0 Å². The Labute approximate surface area is 86.6 Å². The summed E-state index contributed by atoms with van der Waals surface area (Å²) in [5, 5.41) is 6.28. The second-order valence-corrected chi connectivity index (χ2v) is 4.70. The molecule has 14 heavy (non-hydrogen) atoms. The van der Waals surface area contributed by atoms with Gasteiger partial charge in [-0.2, -0.15) is 0 Å². The fourth-order valence-electron chi connectivity index (χ4n) is 1.79. The summed E-state index contributed by atoms with van der Waals surface area (Å²) >= 11 is 0. The Morgan fingerprint density at radius 2 is 2.07 bits per heavy atom. The molecule has 0 unspecified atom stereocenters. The summed E-state index contributed by atoms with van der Waals surface area (Å²) in [6.45, 7) is 7.19. The molecule has 1 rings (SSSR count). The second kappa shape index (κ2) is 5.35. The van der Waals surface area contributed by atoms with Crippen molar-refractivity contribution in [2.45, 2.75) is 52.1 Å². The zero-order valence-corrected chi connectivity index (χ0v) is 9.47. The molecule has 1 amide bonds. The van der Waals surface area contributed by atoms with E-state index in [2.05, 4.69) is 31.4 Å². The lowest BCUT2D eigenvalue weighted by Crippen LogP contribution is -2.44. The number of carbonyl (C=O) groups excluding carboxylic acids is 1. The highest BCUT2D eigenvalue weighted by Crippen LogP contribution is 2.26. The van der Waals surface area contributed by atoms with E-state index in [0.29, 0.717) is 18.5 Å².